The summed E-state index contributed by atoms with van der Waals surface area (Å²) in [6, 6.07) is 6.66. The molecular formula is C20H31NO2Si. The molecule has 1 fully saturated rings. The summed E-state index contributed by atoms with van der Waals surface area (Å²) in [7, 11) is 5.62. The summed E-state index contributed by atoms with van der Waals surface area (Å²) in [5.74, 6) is 0. The lowest BCUT2D eigenvalue weighted by molar-refractivity contribution is 0.209. The molecule has 4 heteroatoms. The maximum atomic E-state index is 6.30. The minimum Gasteiger partial charge on any atom is -0.397 e. The molecule has 1 aromatic rings. The number of anilines is 1. The maximum absolute atomic E-state index is 6.30. The van der Waals surface area contributed by atoms with Crippen molar-refractivity contribution in [2.24, 2.45) is 0 Å². The Morgan fingerprint density at radius 3 is 2.29 bits per heavy atom. The van der Waals surface area contributed by atoms with Gasteiger partial charge < -0.3 is 13.8 Å². The van der Waals surface area contributed by atoms with Crippen LogP contribution < -0.4 is 4.90 Å². The van der Waals surface area contributed by atoms with Crippen molar-refractivity contribution in [3.63, 3.8) is 0 Å². The Labute approximate surface area is 147 Å². The second-order valence-corrected chi connectivity index (χ2v) is 11.1. The van der Waals surface area contributed by atoms with E-state index in [1.54, 1.807) is 0 Å². The highest BCUT2D eigenvalue weighted by molar-refractivity contribution is 6.71. The minimum atomic E-state index is -2.37. The molecule has 1 aromatic carbocycles. The molecule has 3 nitrogen and oxygen atoms in total. The van der Waals surface area contributed by atoms with Crippen molar-refractivity contribution in [2.75, 3.05) is 33.2 Å². The van der Waals surface area contributed by atoms with Crippen LogP contribution in [0.3, 0.4) is 0 Å². The van der Waals surface area contributed by atoms with Crippen molar-refractivity contribution in [3.05, 3.63) is 34.9 Å². The van der Waals surface area contributed by atoms with E-state index >= 15 is 0 Å². The monoisotopic (exact) mass is 345 g/mol. The van der Waals surface area contributed by atoms with Gasteiger partial charge in [0.25, 0.3) is 0 Å². The van der Waals surface area contributed by atoms with E-state index in [2.05, 4.69) is 50.2 Å². The van der Waals surface area contributed by atoms with Crippen LogP contribution in [-0.4, -0.2) is 36.9 Å². The molecule has 132 valence electrons. The fourth-order valence-corrected chi connectivity index (χ4v) is 9.25. The molecule has 0 spiro atoms. The maximum Gasteiger partial charge on any atom is 0.352 e. The fraction of sp³-hybridized carbons (Fsp3) is 0.600. The fourth-order valence-electron chi connectivity index (χ4n) is 4.85. The van der Waals surface area contributed by atoms with Gasteiger partial charge in [-0.3, -0.25) is 0 Å². The third kappa shape index (κ3) is 2.75. The highest BCUT2D eigenvalue weighted by atomic mass is 28.4. The van der Waals surface area contributed by atoms with Gasteiger partial charge in [0.15, 0.2) is 0 Å². The number of hydrogen-bond donors (Lipinski definition) is 0. The van der Waals surface area contributed by atoms with Crippen molar-refractivity contribution in [3.8, 4) is 0 Å². The summed E-state index contributed by atoms with van der Waals surface area (Å²) in [6.07, 6.45) is 8.84. The number of rotatable bonds is 5. The van der Waals surface area contributed by atoms with Gasteiger partial charge in [-0.05, 0) is 31.4 Å². The van der Waals surface area contributed by atoms with Gasteiger partial charge in [0.2, 0.25) is 0 Å². The Bertz CT molecular complexity index is 616. The quantitative estimate of drug-likeness (QED) is 0.711. The Balaban J connectivity index is 2.08. The predicted molar refractivity (Wildman–Crippen MR) is 104 cm³/mol. The summed E-state index contributed by atoms with van der Waals surface area (Å²) >= 11 is 0. The lowest BCUT2D eigenvalue weighted by Gasteiger charge is -2.42. The van der Waals surface area contributed by atoms with E-state index < -0.39 is 8.56 Å². The van der Waals surface area contributed by atoms with Gasteiger partial charge in [-0.2, -0.15) is 0 Å². The van der Waals surface area contributed by atoms with Crippen LogP contribution in [0.25, 0.3) is 6.08 Å². The van der Waals surface area contributed by atoms with E-state index in [9.17, 15) is 0 Å². The molecule has 1 unspecified atom stereocenters. The van der Waals surface area contributed by atoms with Crippen LogP contribution in [-0.2, 0) is 8.85 Å². The zero-order chi connectivity index (χ0) is 17.3. The topological polar surface area (TPSA) is 21.7 Å². The number of hydrogen-bond acceptors (Lipinski definition) is 3. The van der Waals surface area contributed by atoms with Crippen molar-refractivity contribution in [1.29, 1.82) is 0 Å². The molecule has 0 amide bonds. The molecule has 2 aliphatic rings. The van der Waals surface area contributed by atoms with E-state index in [-0.39, 0.29) is 0 Å². The first kappa shape index (κ1) is 17.7. The molecule has 0 saturated heterocycles. The van der Waals surface area contributed by atoms with Crippen molar-refractivity contribution in [2.45, 2.75) is 50.1 Å². The van der Waals surface area contributed by atoms with Crippen molar-refractivity contribution < 1.29 is 8.85 Å². The molecule has 2 aliphatic carbocycles. The average molecular weight is 346 g/mol. The highest BCUT2D eigenvalue weighted by Gasteiger charge is 2.54. The van der Waals surface area contributed by atoms with Gasteiger partial charge in [0.05, 0.1) is 0 Å². The van der Waals surface area contributed by atoms with Crippen LogP contribution in [0, 0.1) is 0 Å². The summed E-state index contributed by atoms with van der Waals surface area (Å²) in [6.45, 7) is 2.26. The molecule has 0 aromatic heterocycles. The van der Waals surface area contributed by atoms with Crippen LogP contribution in [0.4, 0.5) is 5.69 Å². The van der Waals surface area contributed by atoms with Crippen LogP contribution in [0.1, 0.15) is 55.7 Å². The van der Waals surface area contributed by atoms with E-state index in [1.807, 2.05) is 14.2 Å². The lowest BCUT2D eigenvalue weighted by atomic mass is 10.0. The van der Waals surface area contributed by atoms with Gasteiger partial charge in [-0.15, -0.1) is 0 Å². The summed E-state index contributed by atoms with van der Waals surface area (Å²) in [5.41, 5.74) is 6.34. The summed E-state index contributed by atoms with van der Waals surface area (Å²) in [5, 5.41) is 0. The van der Waals surface area contributed by atoms with Crippen LogP contribution >= 0.6 is 0 Å². The molecule has 1 atom stereocenters. The van der Waals surface area contributed by atoms with Crippen molar-refractivity contribution >= 4 is 20.3 Å². The van der Waals surface area contributed by atoms with Crippen LogP contribution in [0.5, 0.6) is 0 Å². The highest BCUT2D eigenvalue weighted by Crippen LogP contribution is 2.52. The third-order valence-corrected chi connectivity index (χ3v) is 10.5. The van der Waals surface area contributed by atoms with E-state index in [0.29, 0.717) is 11.1 Å². The van der Waals surface area contributed by atoms with Gasteiger partial charge in [-0.25, -0.2) is 0 Å². The first-order valence-corrected chi connectivity index (χ1v) is 11.1. The molecule has 0 heterocycles. The zero-order valence-corrected chi connectivity index (χ0v) is 16.8. The Morgan fingerprint density at radius 1 is 1.04 bits per heavy atom. The second-order valence-electron chi connectivity index (χ2n) is 7.46. The second kappa shape index (κ2) is 7.02. The number of nitrogens with zero attached hydrogens (tertiary/aromatic N) is 1. The van der Waals surface area contributed by atoms with Crippen LogP contribution in [0.15, 0.2) is 23.8 Å². The van der Waals surface area contributed by atoms with Crippen LogP contribution in [0.2, 0.25) is 5.54 Å². The van der Waals surface area contributed by atoms with Crippen molar-refractivity contribution in [1.82, 2.24) is 0 Å². The Kier molecular flexibility index (Phi) is 5.18. The minimum absolute atomic E-state index is 0.311. The van der Waals surface area contributed by atoms with Gasteiger partial charge >= 0.3 is 8.56 Å². The van der Waals surface area contributed by atoms with E-state index in [4.69, 9.17) is 8.85 Å². The van der Waals surface area contributed by atoms with Gasteiger partial charge in [-0.1, -0.05) is 43.0 Å². The molecule has 0 N–H and O–H groups in total. The first-order chi connectivity index (χ1) is 11.5. The standard InChI is InChI=1S/C20H31NO2Si/c1-15-14-18-17(12-9-13-19(18)21(2)3)20(15)24(22-4,23-5)16-10-7-6-8-11-16/h9,12-14,16,20H,6-8,10-11H2,1-5H3. The summed E-state index contributed by atoms with van der Waals surface area (Å²) < 4.78 is 12.6. The summed E-state index contributed by atoms with van der Waals surface area (Å²) in [4.78, 5) is 2.20. The van der Waals surface area contributed by atoms with E-state index in [1.165, 1.54) is 54.5 Å². The molecule has 0 aliphatic heterocycles. The Hall–Kier alpha value is -1.10. The predicted octanol–water partition coefficient (Wildman–Crippen LogP) is 4.86. The number of benzene rings is 1. The molecule has 0 bridgehead atoms. The lowest BCUT2D eigenvalue weighted by Crippen LogP contribution is -2.51. The SMILES string of the molecule is CO[Si](OC)(C1CCCCC1)C1C(C)=Cc2c1cccc2N(C)C. The average Bonchev–Trinajstić information content (AvgIpc) is 2.94. The first-order valence-electron chi connectivity index (χ1n) is 9.14. The largest absolute Gasteiger partial charge is 0.397 e. The van der Waals surface area contributed by atoms with Gasteiger partial charge in [0.1, 0.15) is 0 Å². The van der Waals surface area contributed by atoms with E-state index in [0.717, 1.165) is 0 Å². The normalized spacial score (nSPS) is 21.5. The molecule has 3 rings (SSSR count). The smallest absolute Gasteiger partial charge is 0.352 e. The van der Waals surface area contributed by atoms with Gasteiger partial charge in [0, 0.05) is 50.6 Å². The number of fused-ring (bicyclic) bond motifs is 1. The third-order valence-electron chi connectivity index (χ3n) is 5.95. The zero-order valence-electron chi connectivity index (χ0n) is 15.8. The Morgan fingerprint density at radius 2 is 1.71 bits per heavy atom. The molecule has 1 saturated carbocycles. The molecule has 24 heavy (non-hydrogen) atoms. The molecule has 0 radical (unpaired) electrons. The molecular weight excluding hydrogens is 314 g/mol. The number of allylic oxidation sites excluding steroid dienone is 1.